The number of hydrogen-bond acceptors (Lipinski definition) is 2. The Morgan fingerprint density at radius 1 is 1.29 bits per heavy atom. The number of rotatable bonds is 8. The molecule has 1 unspecified atom stereocenters. The van der Waals surface area contributed by atoms with Crippen LogP contribution in [-0.4, -0.2) is 23.8 Å². The minimum Gasteiger partial charge on any atom is -0.389 e. The van der Waals surface area contributed by atoms with Gasteiger partial charge in [-0.25, -0.2) is 0 Å². The Morgan fingerprint density at radius 2 is 1.93 bits per heavy atom. The van der Waals surface area contributed by atoms with E-state index in [1.807, 2.05) is 6.92 Å². The van der Waals surface area contributed by atoms with Crippen molar-refractivity contribution in [2.24, 2.45) is 5.92 Å². The number of nitrogens with one attached hydrogen (secondary N) is 1. The fraction of sp³-hybridized carbons (Fsp3) is 1.00. The van der Waals surface area contributed by atoms with Gasteiger partial charge < -0.3 is 10.4 Å². The van der Waals surface area contributed by atoms with Crippen LogP contribution >= 0.6 is 0 Å². The van der Waals surface area contributed by atoms with Gasteiger partial charge in [0.25, 0.3) is 0 Å². The molecule has 0 saturated carbocycles. The molecule has 2 heteroatoms. The first-order chi connectivity index (χ1) is 6.48. The zero-order valence-electron chi connectivity index (χ0n) is 10.3. The summed E-state index contributed by atoms with van der Waals surface area (Å²) >= 11 is 0. The molecule has 0 bridgehead atoms. The predicted octanol–water partition coefficient (Wildman–Crippen LogP) is 2.56. The fourth-order valence-electron chi connectivity index (χ4n) is 1.81. The van der Waals surface area contributed by atoms with E-state index in [1.165, 1.54) is 19.3 Å². The summed E-state index contributed by atoms with van der Waals surface area (Å²) in [4.78, 5) is 0. The molecule has 2 nitrogen and oxygen atoms in total. The van der Waals surface area contributed by atoms with E-state index in [1.54, 1.807) is 0 Å². The van der Waals surface area contributed by atoms with Crippen molar-refractivity contribution in [1.29, 1.82) is 0 Å². The van der Waals surface area contributed by atoms with Crippen LogP contribution in [0, 0.1) is 5.92 Å². The van der Waals surface area contributed by atoms with Crippen LogP contribution in [0.4, 0.5) is 0 Å². The summed E-state index contributed by atoms with van der Waals surface area (Å²) in [5.74, 6) is 0.558. The van der Waals surface area contributed by atoms with Crippen LogP contribution in [0.5, 0.6) is 0 Å². The lowest BCUT2D eigenvalue weighted by Gasteiger charge is -2.25. The highest BCUT2D eigenvalue weighted by Crippen LogP contribution is 2.14. The van der Waals surface area contributed by atoms with Crippen molar-refractivity contribution in [3.8, 4) is 0 Å². The molecule has 0 aliphatic rings. The molecule has 86 valence electrons. The molecule has 0 rings (SSSR count). The summed E-state index contributed by atoms with van der Waals surface area (Å²) in [5.41, 5.74) is -0.541. The van der Waals surface area contributed by atoms with Crippen molar-refractivity contribution in [2.75, 3.05) is 13.1 Å². The third-order valence-corrected chi connectivity index (χ3v) is 2.31. The monoisotopic (exact) mass is 201 g/mol. The van der Waals surface area contributed by atoms with Gasteiger partial charge in [-0.3, -0.25) is 0 Å². The van der Waals surface area contributed by atoms with Gasteiger partial charge in [0.1, 0.15) is 0 Å². The minimum atomic E-state index is -0.541. The molecule has 14 heavy (non-hydrogen) atoms. The summed E-state index contributed by atoms with van der Waals surface area (Å²) in [5, 5.41) is 13.3. The zero-order chi connectivity index (χ0) is 11.0. The Kier molecular flexibility index (Phi) is 7.20. The van der Waals surface area contributed by atoms with E-state index in [0.717, 1.165) is 19.5 Å². The van der Waals surface area contributed by atoms with Crippen LogP contribution in [0.1, 0.15) is 53.4 Å². The molecule has 0 radical (unpaired) electrons. The van der Waals surface area contributed by atoms with Crippen LogP contribution in [0.15, 0.2) is 0 Å². The second-order valence-corrected chi connectivity index (χ2v) is 4.98. The molecule has 0 aromatic rings. The summed E-state index contributed by atoms with van der Waals surface area (Å²) < 4.78 is 0. The summed E-state index contributed by atoms with van der Waals surface area (Å²) in [6.07, 6.45) is 4.62. The molecule has 0 aromatic carbocycles. The fourth-order valence-corrected chi connectivity index (χ4v) is 1.81. The van der Waals surface area contributed by atoms with Gasteiger partial charge in [0, 0.05) is 6.54 Å². The number of hydrogen-bond donors (Lipinski definition) is 2. The summed E-state index contributed by atoms with van der Waals surface area (Å²) in [6.45, 7) is 10.2. The van der Waals surface area contributed by atoms with Crippen molar-refractivity contribution in [1.82, 2.24) is 5.32 Å². The first kappa shape index (κ1) is 13.9. The van der Waals surface area contributed by atoms with Crippen LogP contribution in [-0.2, 0) is 0 Å². The molecule has 0 amide bonds. The van der Waals surface area contributed by atoms with E-state index in [-0.39, 0.29) is 0 Å². The van der Waals surface area contributed by atoms with Gasteiger partial charge in [0.15, 0.2) is 0 Å². The van der Waals surface area contributed by atoms with Gasteiger partial charge in [0.2, 0.25) is 0 Å². The van der Waals surface area contributed by atoms with E-state index in [9.17, 15) is 5.11 Å². The molecule has 0 heterocycles. The van der Waals surface area contributed by atoms with Crippen LogP contribution in [0.3, 0.4) is 0 Å². The highest BCUT2D eigenvalue weighted by molar-refractivity contribution is 4.76. The van der Waals surface area contributed by atoms with Gasteiger partial charge in [0.05, 0.1) is 5.60 Å². The first-order valence-corrected chi connectivity index (χ1v) is 5.91. The molecule has 0 aliphatic heterocycles. The predicted molar refractivity (Wildman–Crippen MR) is 62.5 cm³/mol. The Labute approximate surface area is 89.1 Å². The van der Waals surface area contributed by atoms with Crippen molar-refractivity contribution in [3.05, 3.63) is 0 Å². The normalized spacial score (nSPS) is 15.9. The number of aliphatic hydroxyl groups is 1. The highest BCUT2D eigenvalue weighted by Gasteiger charge is 2.20. The summed E-state index contributed by atoms with van der Waals surface area (Å²) in [7, 11) is 0. The maximum atomic E-state index is 9.98. The van der Waals surface area contributed by atoms with Crippen LogP contribution in [0.25, 0.3) is 0 Å². The Bertz CT molecular complexity index is 132. The second kappa shape index (κ2) is 7.24. The quantitative estimate of drug-likeness (QED) is 0.592. The third kappa shape index (κ3) is 8.52. The van der Waals surface area contributed by atoms with Crippen molar-refractivity contribution < 1.29 is 5.11 Å². The van der Waals surface area contributed by atoms with E-state index in [2.05, 4.69) is 26.1 Å². The van der Waals surface area contributed by atoms with Gasteiger partial charge in [-0.05, 0) is 32.2 Å². The van der Waals surface area contributed by atoms with Gasteiger partial charge in [-0.1, -0.05) is 33.6 Å². The molecule has 1 atom stereocenters. The van der Waals surface area contributed by atoms with E-state index in [0.29, 0.717) is 5.92 Å². The van der Waals surface area contributed by atoms with Gasteiger partial charge in [-0.15, -0.1) is 0 Å². The van der Waals surface area contributed by atoms with Crippen LogP contribution < -0.4 is 5.32 Å². The van der Waals surface area contributed by atoms with E-state index in [4.69, 9.17) is 0 Å². The smallest absolute Gasteiger partial charge is 0.0746 e. The molecule has 0 aliphatic carbocycles. The maximum Gasteiger partial charge on any atom is 0.0746 e. The minimum absolute atomic E-state index is 0.541. The van der Waals surface area contributed by atoms with E-state index >= 15 is 0 Å². The molecular formula is C12H27NO. The Hall–Kier alpha value is -0.0800. The average molecular weight is 201 g/mol. The van der Waals surface area contributed by atoms with Crippen LogP contribution in [0.2, 0.25) is 0 Å². The lowest BCUT2D eigenvalue weighted by Crippen LogP contribution is -2.39. The van der Waals surface area contributed by atoms with Gasteiger partial charge >= 0.3 is 0 Å². The average Bonchev–Trinajstić information content (AvgIpc) is 2.01. The third-order valence-electron chi connectivity index (χ3n) is 2.31. The Balaban J connectivity index is 3.45. The first-order valence-electron chi connectivity index (χ1n) is 5.91. The molecule has 0 spiro atoms. The van der Waals surface area contributed by atoms with Crippen molar-refractivity contribution in [2.45, 2.75) is 59.0 Å². The SMILES string of the molecule is CCCCCNCC(C)(O)CC(C)C. The van der Waals surface area contributed by atoms with Crippen molar-refractivity contribution in [3.63, 3.8) is 0 Å². The largest absolute Gasteiger partial charge is 0.389 e. The second-order valence-electron chi connectivity index (χ2n) is 4.98. The summed E-state index contributed by atoms with van der Waals surface area (Å²) in [6, 6.07) is 0. The lowest BCUT2D eigenvalue weighted by atomic mass is 9.94. The topological polar surface area (TPSA) is 32.3 Å². The van der Waals surface area contributed by atoms with Crippen molar-refractivity contribution >= 4 is 0 Å². The molecular weight excluding hydrogens is 174 g/mol. The maximum absolute atomic E-state index is 9.98. The Morgan fingerprint density at radius 3 is 2.43 bits per heavy atom. The lowest BCUT2D eigenvalue weighted by molar-refractivity contribution is 0.0387. The standard InChI is InChI=1S/C12H27NO/c1-5-6-7-8-13-10-12(4,14)9-11(2)3/h11,13-14H,5-10H2,1-4H3. The van der Waals surface area contributed by atoms with Gasteiger partial charge in [-0.2, -0.15) is 0 Å². The molecule has 0 aromatic heterocycles. The zero-order valence-corrected chi connectivity index (χ0v) is 10.3. The molecule has 2 N–H and O–H groups in total. The molecule has 0 saturated heterocycles. The number of unbranched alkanes of at least 4 members (excludes halogenated alkanes) is 2. The van der Waals surface area contributed by atoms with E-state index < -0.39 is 5.60 Å². The molecule has 0 fully saturated rings. The highest BCUT2D eigenvalue weighted by atomic mass is 16.3.